The van der Waals surface area contributed by atoms with Gasteiger partial charge in [-0.2, -0.15) is 0 Å². The average molecular weight is 361 g/mol. The van der Waals surface area contributed by atoms with Crippen molar-refractivity contribution in [3.8, 4) is 0 Å². The highest BCUT2D eigenvalue weighted by atomic mass is 32.1. The Morgan fingerprint density at radius 1 is 0.846 bits per heavy atom. The standard InChI is InChI=1S/C23H24N2S/c1-3-18-9-7-8-12-21(18)24-23(26)25-22(19-10-5-4-6-11-19)20-15-13-17(2)14-16-20/h4-16,22H,3H2,1-2H3,(H2,24,25,26)/t22-/m1/s1. The number of rotatable bonds is 5. The van der Waals surface area contributed by atoms with Crippen molar-refractivity contribution in [3.63, 3.8) is 0 Å². The molecular formula is C23H24N2S. The predicted molar refractivity (Wildman–Crippen MR) is 115 cm³/mol. The first-order valence-electron chi connectivity index (χ1n) is 8.94. The quantitative estimate of drug-likeness (QED) is 0.576. The van der Waals surface area contributed by atoms with Crippen LogP contribution in [0.3, 0.4) is 0 Å². The number of thiocarbonyl (C=S) groups is 1. The van der Waals surface area contributed by atoms with Gasteiger partial charge in [-0.1, -0.05) is 85.3 Å². The van der Waals surface area contributed by atoms with Gasteiger partial charge in [0, 0.05) is 5.69 Å². The van der Waals surface area contributed by atoms with Crippen LogP contribution in [0.1, 0.15) is 35.2 Å². The number of benzene rings is 3. The minimum Gasteiger partial charge on any atom is -0.352 e. The zero-order valence-corrected chi connectivity index (χ0v) is 16.0. The molecule has 0 bridgehead atoms. The van der Waals surface area contributed by atoms with E-state index in [2.05, 4.69) is 91.2 Å². The van der Waals surface area contributed by atoms with Crippen LogP contribution in [0, 0.1) is 6.92 Å². The van der Waals surface area contributed by atoms with Gasteiger partial charge in [-0.05, 0) is 48.3 Å². The van der Waals surface area contributed by atoms with Crippen LogP contribution in [0.4, 0.5) is 5.69 Å². The molecule has 3 heteroatoms. The Morgan fingerprint density at radius 2 is 1.46 bits per heavy atom. The lowest BCUT2D eigenvalue weighted by molar-refractivity contribution is 0.768. The fourth-order valence-corrected chi connectivity index (χ4v) is 3.23. The van der Waals surface area contributed by atoms with Gasteiger partial charge in [0.05, 0.1) is 6.04 Å². The van der Waals surface area contributed by atoms with Crippen LogP contribution in [-0.2, 0) is 6.42 Å². The Balaban J connectivity index is 1.83. The first kappa shape index (κ1) is 18.2. The van der Waals surface area contributed by atoms with Crippen molar-refractivity contribution in [1.29, 1.82) is 0 Å². The third-order valence-electron chi connectivity index (χ3n) is 4.47. The molecule has 132 valence electrons. The van der Waals surface area contributed by atoms with Gasteiger partial charge in [0.2, 0.25) is 0 Å². The molecule has 26 heavy (non-hydrogen) atoms. The van der Waals surface area contributed by atoms with Crippen molar-refractivity contribution in [1.82, 2.24) is 5.32 Å². The summed E-state index contributed by atoms with van der Waals surface area (Å²) >= 11 is 5.62. The van der Waals surface area contributed by atoms with E-state index in [-0.39, 0.29) is 6.04 Å². The monoisotopic (exact) mass is 360 g/mol. The molecule has 0 heterocycles. The Bertz CT molecular complexity index is 857. The second-order valence-electron chi connectivity index (χ2n) is 6.36. The van der Waals surface area contributed by atoms with E-state index in [1.165, 1.54) is 22.3 Å². The lowest BCUT2D eigenvalue weighted by Crippen LogP contribution is -2.33. The molecule has 0 saturated heterocycles. The average Bonchev–Trinajstić information content (AvgIpc) is 2.68. The number of hydrogen-bond acceptors (Lipinski definition) is 1. The van der Waals surface area contributed by atoms with E-state index < -0.39 is 0 Å². The van der Waals surface area contributed by atoms with Gasteiger partial charge in [0.25, 0.3) is 0 Å². The van der Waals surface area contributed by atoms with Crippen LogP contribution in [-0.4, -0.2) is 5.11 Å². The number of aryl methyl sites for hydroxylation is 2. The molecule has 3 rings (SSSR count). The van der Waals surface area contributed by atoms with E-state index in [4.69, 9.17) is 12.2 Å². The van der Waals surface area contributed by atoms with Gasteiger partial charge < -0.3 is 10.6 Å². The highest BCUT2D eigenvalue weighted by Crippen LogP contribution is 2.23. The molecule has 0 fully saturated rings. The largest absolute Gasteiger partial charge is 0.352 e. The number of nitrogens with one attached hydrogen (secondary N) is 2. The van der Waals surface area contributed by atoms with Crippen molar-refractivity contribution in [3.05, 3.63) is 101 Å². The van der Waals surface area contributed by atoms with Crippen LogP contribution in [0.15, 0.2) is 78.9 Å². The summed E-state index contributed by atoms with van der Waals surface area (Å²) in [6.07, 6.45) is 0.964. The summed E-state index contributed by atoms with van der Waals surface area (Å²) in [5.41, 5.74) is 5.93. The van der Waals surface area contributed by atoms with Gasteiger partial charge >= 0.3 is 0 Å². The molecule has 0 aliphatic rings. The highest BCUT2D eigenvalue weighted by molar-refractivity contribution is 7.80. The second-order valence-corrected chi connectivity index (χ2v) is 6.77. The van der Waals surface area contributed by atoms with Crippen LogP contribution in [0.5, 0.6) is 0 Å². The Kier molecular flexibility index (Phi) is 6.03. The summed E-state index contributed by atoms with van der Waals surface area (Å²) < 4.78 is 0. The van der Waals surface area contributed by atoms with Gasteiger partial charge in [-0.15, -0.1) is 0 Å². The molecule has 0 aromatic heterocycles. The normalized spacial score (nSPS) is 11.6. The summed E-state index contributed by atoms with van der Waals surface area (Å²) in [5.74, 6) is 0. The maximum atomic E-state index is 5.62. The third-order valence-corrected chi connectivity index (χ3v) is 4.69. The smallest absolute Gasteiger partial charge is 0.171 e. The van der Waals surface area contributed by atoms with E-state index in [1.54, 1.807) is 0 Å². The van der Waals surface area contributed by atoms with Crippen molar-refractivity contribution in [2.75, 3.05) is 5.32 Å². The molecule has 1 atom stereocenters. The minimum absolute atomic E-state index is 0.00517. The molecular weight excluding hydrogens is 336 g/mol. The lowest BCUT2D eigenvalue weighted by atomic mass is 9.98. The lowest BCUT2D eigenvalue weighted by Gasteiger charge is -2.23. The number of para-hydroxylation sites is 1. The summed E-state index contributed by atoms with van der Waals surface area (Å²) in [4.78, 5) is 0. The molecule has 3 aromatic rings. The molecule has 0 aliphatic carbocycles. The molecule has 0 unspecified atom stereocenters. The van der Waals surface area contributed by atoms with Crippen LogP contribution in [0.2, 0.25) is 0 Å². The summed E-state index contributed by atoms with van der Waals surface area (Å²) in [6, 6.07) is 27.3. The topological polar surface area (TPSA) is 24.1 Å². The van der Waals surface area contributed by atoms with E-state index in [9.17, 15) is 0 Å². The fourth-order valence-electron chi connectivity index (χ4n) is 3.00. The van der Waals surface area contributed by atoms with Crippen molar-refractivity contribution >= 4 is 23.0 Å². The first-order chi connectivity index (χ1) is 12.7. The van der Waals surface area contributed by atoms with Crippen LogP contribution in [0.25, 0.3) is 0 Å². The molecule has 0 spiro atoms. The highest BCUT2D eigenvalue weighted by Gasteiger charge is 2.15. The fraction of sp³-hybridized carbons (Fsp3) is 0.174. The predicted octanol–water partition coefficient (Wildman–Crippen LogP) is 5.63. The van der Waals surface area contributed by atoms with Crippen molar-refractivity contribution in [2.45, 2.75) is 26.3 Å². The molecule has 0 saturated carbocycles. The van der Waals surface area contributed by atoms with E-state index >= 15 is 0 Å². The van der Waals surface area contributed by atoms with Gasteiger partial charge in [0.1, 0.15) is 0 Å². The number of hydrogen-bond donors (Lipinski definition) is 2. The molecule has 0 amide bonds. The van der Waals surface area contributed by atoms with Crippen LogP contribution >= 0.6 is 12.2 Å². The molecule has 0 aliphatic heterocycles. The van der Waals surface area contributed by atoms with E-state index in [0.717, 1.165) is 12.1 Å². The molecule has 0 radical (unpaired) electrons. The van der Waals surface area contributed by atoms with Crippen molar-refractivity contribution in [2.24, 2.45) is 0 Å². The summed E-state index contributed by atoms with van der Waals surface area (Å²) in [6.45, 7) is 4.25. The van der Waals surface area contributed by atoms with Gasteiger partial charge in [-0.25, -0.2) is 0 Å². The minimum atomic E-state index is 0.00517. The Morgan fingerprint density at radius 3 is 2.15 bits per heavy atom. The summed E-state index contributed by atoms with van der Waals surface area (Å²) in [7, 11) is 0. The maximum absolute atomic E-state index is 5.62. The molecule has 3 aromatic carbocycles. The number of anilines is 1. The van der Waals surface area contributed by atoms with Crippen LogP contribution < -0.4 is 10.6 Å². The zero-order valence-electron chi connectivity index (χ0n) is 15.2. The Labute approximate surface area is 161 Å². The molecule has 2 nitrogen and oxygen atoms in total. The third kappa shape index (κ3) is 4.50. The maximum Gasteiger partial charge on any atom is 0.171 e. The second kappa shape index (κ2) is 8.63. The van der Waals surface area contributed by atoms with Crippen molar-refractivity contribution < 1.29 is 0 Å². The zero-order chi connectivity index (χ0) is 18.4. The Hall–Kier alpha value is -2.65. The summed E-state index contributed by atoms with van der Waals surface area (Å²) in [5, 5.41) is 7.48. The van der Waals surface area contributed by atoms with E-state index in [0.29, 0.717) is 5.11 Å². The van der Waals surface area contributed by atoms with Gasteiger partial charge in [-0.3, -0.25) is 0 Å². The molecule has 2 N–H and O–H groups in total. The SMILES string of the molecule is CCc1ccccc1NC(=S)N[C@H](c1ccccc1)c1ccc(C)cc1. The van der Waals surface area contributed by atoms with Gasteiger partial charge in [0.15, 0.2) is 5.11 Å². The first-order valence-corrected chi connectivity index (χ1v) is 9.35. The van der Waals surface area contributed by atoms with E-state index in [1.807, 2.05) is 12.1 Å².